The Kier molecular flexibility index (Phi) is 27.4. The number of halogens is 3. The molecule has 0 radical (unpaired) electrons. The Labute approximate surface area is 703 Å². The van der Waals surface area contributed by atoms with Gasteiger partial charge in [-0.25, -0.2) is 45.1 Å². The second kappa shape index (κ2) is 39.6. The van der Waals surface area contributed by atoms with Gasteiger partial charge < -0.3 is 71.7 Å². The van der Waals surface area contributed by atoms with Gasteiger partial charge in [0.15, 0.2) is 92.7 Å². The Hall–Kier alpha value is -17.6. The van der Waals surface area contributed by atoms with Crippen LogP contribution in [0.5, 0.6) is 5.88 Å². The van der Waals surface area contributed by atoms with E-state index in [9.17, 15) is 28.8 Å². The highest BCUT2D eigenvalue weighted by atomic mass is 35.5. The zero-order valence-electron chi connectivity index (χ0n) is 63.6. The topological polar surface area (TPSA) is 781 Å². The van der Waals surface area contributed by atoms with Gasteiger partial charge in [-0.15, -0.1) is 10.2 Å². The summed E-state index contributed by atoms with van der Waals surface area (Å²) in [6.07, 6.45) is 18.4. The SMILES string of the molecule is CCCn1ncc2c1nc(N)n1nc(-c3ccco3)nc21.CCCn1ncc2c1nc(N)n1nc(-c3ccco3)nc21.NNC(=O)c1ccco1.Nc1nc(-c2ccco2)c2cn[nH]c2n1.Nc1nc(Cl)c(C=O)c(Cl)n1.Nc1nc(Cl)c(C=O)c(NNC(=O)c2ccco2)n1.Nc1nc(NNC(=O)c2ccco2)c2cn[nH]c2n1.Nc1nc(O)cc(=O)[nH]1. The average Bonchev–Trinajstić information content (AvgIpc) is 1.61. The maximum Gasteiger partial charge on any atom is 0.305 e. The Bertz CT molecular complexity index is 6710. The molecule has 0 aliphatic heterocycles. The lowest BCUT2D eigenvalue weighted by Gasteiger charge is -2.09. The molecule has 52 nitrogen and oxygen atoms in total. The Balaban J connectivity index is 0.000000132. The number of nitrogens with two attached hydrogens (primary N) is 8. The smallest absolute Gasteiger partial charge is 0.305 e. The van der Waals surface area contributed by atoms with Crippen molar-refractivity contribution in [3.05, 3.63) is 195 Å². The molecule has 19 rings (SSSR count). The summed E-state index contributed by atoms with van der Waals surface area (Å²) in [7, 11) is 0. The number of amides is 3. The summed E-state index contributed by atoms with van der Waals surface area (Å²) in [6.45, 7) is 5.74. The van der Waals surface area contributed by atoms with Crippen LogP contribution in [-0.2, 0) is 13.1 Å². The van der Waals surface area contributed by atoms with Crippen LogP contribution in [0.1, 0.15) is 79.1 Å². The molecular formula is C69H64Cl3N39O13. The van der Waals surface area contributed by atoms with E-state index < -0.39 is 23.3 Å². The first-order valence-electron chi connectivity index (χ1n) is 35.2. The summed E-state index contributed by atoms with van der Waals surface area (Å²) in [5.74, 6) is 7.20. The van der Waals surface area contributed by atoms with Crippen LogP contribution in [-0.4, -0.2) is 164 Å². The van der Waals surface area contributed by atoms with Crippen molar-refractivity contribution in [2.24, 2.45) is 5.84 Å². The van der Waals surface area contributed by atoms with Crippen molar-refractivity contribution in [1.29, 1.82) is 0 Å². The van der Waals surface area contributed by atoms with Gasteiger partial charge in [-0.05, 0) is 85.6 Å². The van der Waals surface area contributed by atoms with Gasteiger partial charge in [0.1, 0.15) is 21.2 Å². The van der Waals surface area contributed by atoms with Crippen LogP contribution in [0.2, 0.25) is 15.5 Å². The van der Waals surface area contributed by atoms with Crippen LogP contribution in [0.3, 0.4) is 0 Å². The summed E-state index contributed by atoms with van der Waals surface area (Å²) >= 11 is 16.7. The first-order chi connectivity index (χ1) is 59.9. The number of H-pyrrole nitrogens is 3. The van der Waals surface area contributed by atoms with E-state index in [4.69, 9.17) is 112 Å². The quantitative estimate of drug-likeness (QED) is 0.0175. The Morgan fingerprint density at radius 1 is 0.476 bits per heavy atom. The van der Waals surface area contributed by atoms with Crippen molar-refractivity contribution in [3.8, 4) is 40.5 Å². The molecule has 0 aliphatic rings. The zero-order valence-corrected chi connectivity index (χ0v) is 65.9. The molecule has 0 fully saturated rings. The molecule has 55 heteroatoms. The average molecular weight is 1750 g/mol. The molecule has 0 saturated heterocycles. The van der Waals surface area contributed by atoms with E-state index in [2.05, 4.69) is 146 Å². The molecule has 0 saturated carbocycles. The number of carbonyl (C=O) groups is 5. The Morgan fingerprint density at radius 3 is 1.34 bits per heavy atom. The number of nitrogens with zero attached hydrogens (tertiary/aromatic N) is 23. The Morgan fingerprint density at radius 2 is 0.895 bits per heavy atom. The fourth-order valence-electron chi connectivity index (χ4n) is 10.4. The molecule has 634 valence electrons. The molecular weight excluding hydrogens is 1690 g/mol. The molecule has 0 unspecified atom stereocenters. The molecule has 0 aliphatic carbocycles. The minimum absolute atomic E-state index is 0.00703. The van der Waals surface area contributed by atoms with Crippen LogP contribution >= 0.6 is 34.8 Å². The standard InChI is InChI=1S/2C13H13N7O.C10H8ClN5O3.C10H9N7O2.C9H7N5O.C5H3Cl2N3O.C5H6N2O2.C4H5N3O2/c2*1-2-5-19-11-8(7-15-19)12-16-10(9-4-3-6-21-9)18-20(12)13(14)17-11;11-7-5(4-17)8(14-10(12)13-7)15-16-9(18)6-2-1-3-19-6;11-10-13-7-5(4-12-15-7)8(14-10)16-17-9(18)6-2-1-3-19-6;10-9-12-7(6-2-1-3-15-6)5-4-11-14-8(5)13-9;6-3-2(1-11)4(7)10-5(8)9-3;6-7-5(8)4-2-1-3-9-4;5-4-6-2(8)1-3(9)7-4/h2*3-4,6-7H,2,5H2,1H3,(H2,14,17);1-4H,(H,16,18)(H3,12,13,14,15);1-4H,(H,17,18)(H4,11,12,13,14,15,16);1-4H,(H3,10,11,12,13,14);1H,(H2,8,9,10);1-3H,6H2,(H,7,8);1H,(H4,5,6,7,8,9). The van der Waals surface area contributed by atoms with Crippen LogP contribution in [0.4, 0.5) is 53.3 Å². The number of aryl methyl sites for hydroxylation is 2. The monoisotopic (exact) mass is 1750 g/mol. The van der Waals surface area contributed by atoms with E-state index >= 15 is 0 Å². The number of aromatic amines is 3. The molecule has 19 aromatic heterocycles. The molecule has 3 amide bonds. The second-order valence-corrected chi connectivity index (χ2v) is 25.1. The van der Waals surface area contributed by atoms with Gasteiger partial charge in [0, 0.05) is 13.1 Å². The van der Waals surface area contributed by atoms with Crippen LogP contribution < -0.4 is 78.7 Å². The maximum absolute atomic E-state index is 11.7. The molecule has 19 aromatic rings. The molecule has 25 N–H and O–H groups in total. The van der Waals surface area contributed by atoms with Crippen LogP contribution in [0.25, 0.3) is 90.1 Å². The van der Waals surface area contributed by atoms with Crippen LogP contribution in [0.15, 0.2) is 173 Å². The lowest BCUT2D eigenvalue weighted by Crippen LogP contribution is -2.30. The minimum Gasteiger partial charge on any atom is -0.493 e. The fourth-order valence-corrected chi connectivity index (χ4v) is 11.1. The number of hydrogen-bond acceptors (Lipinski definition) is 42. The summed E-state index contributed by atoms with van der Waals surface area (Å²) in [4.78, 5) is 119. The number of aromatic nitrogens is 26. The van der Waals surface area contributed by atoms with Gasteiger partial charge >= 0.3 is 17.7 Å². The number of nitrogen functional groups attached to an aromatic ring is 8. The summed E-state index contributed by atoms with van der Waals surface area (Å²) in [6, 6.07) is 21.1. The lowest BCUT2D eigenvalue weighted by atomic mass is 10.2. The molecule has 19 heterocycles. The number of carbonyl (C=O) groups excluding carboxylic acids is 5. The number of anilines is 9. The van der Waals surface area contributed by atoms with Gasteiger partial charge in [-0.2, -0.15) is 64.3 Å². The lowest BCUT2D eigenvalue weighted by molar-refractivity contribution is 0.0921. The van der Waals surface area contributed by atoms with Crippen molar-refractivity contribution in [3.63, 3.8) is 0 Å². The van der Waals surface area contributed by atoms with Gasteiger partial charge in [-0.3, -0.25) is 71.1 Å². The molecule has 0 spiro atoms. The van der Waals surface area contributed by atoms with Crippen molar-refractivity contribution < 1.29 is 55.6 Å². The molecule has 0 aromatic carbocycles. The third kappa shape index (κ3) is 20.7. The highest BCUT2D eigenvalue weighted by Gasteiger charge is 2.22. The fraction of sp³-hybridized carbons (Fsp3) is 0.0870. The number of hydrogen-bond donors (Lipinski definition) is 17. The van der Waals surface area contributed by atoms with Gasteiger partial charge in [0.05, 0.1) is 101 Å². The molecule has 124 heavy (non-hydrogen) atoms. The first-order valence-corrected chi connectivity index (χ1v) is 36.4. The summed E-state index contributed by atoms with van der Waals surface area (Å²) < 4.78 is 37.1. The highest BCUT2D eigenvalue weighted by molar-refractivity contribution is 6.37. The summed E-state index contributed by atoms with van der Waals surface area (Å²) in [5, 5.41) is 41.9. The molecule has 0 bridgehead atoms. The van der Waals surface area contributed by atoms with E-state index in [1.165, 1.54) is 46.1 Å². The van der Waals surface area contributed by atoms with E-state index in [1.54, 1.807) is 92.0 Å². The van der Waals surface area contributed by atoms with Crippen molar-refractivity contribution in [2.45, 2.75) is 39.8 Å². The van der Waals surface area contributed by atoms with E-state index in [0.717, 1.165) is 59.5 Å². The highest BCUT2D eigenvalue weighted by Crippen LogP contribution is 2.29. The van der Waals surface area contributed by atoms with Gasteiger partial charge in [0.2, 0.25) is 59.2 Å². The van der Waals surface area contributed by atoms with E-state index in [0.29, 0.717) is 81.0 Å². The van der Waals surface area contributed by atoms with E-state index in [1.807, 2.05) is 20.9 Å². The predicted octanol–water partition coefficient (Wildman–Crippen LogP) is 5.93. The maximum atomic E-state index is 11.7. The first kappa shape index (κ1) is 85.8. The number of rotatable bonds is 16. The number of aldehydes is 2. The summed E-state index contributed by atoms with van der Waals surface area (Å²) in [5.41, 5.74) is 54.5. The third-order valence-electron chi connectivity index (χ3n) is 15.7. The number of nitrogens with one attached hydrogen (secondary N) is 8. The number of hydrazine groups is 3. The predicted molar refractivity (Wildman–Crippen MR) is 442 cm³/mol. The van der Waals surface area contributed by atoms with Crippen molar-refractivity contribution >= 4 is 174 Å². The van der Waals surface area contributed by atoms with Gasteiger partial charge in [0.25, 0.3) is 5.56 Å². The molecule has 0 atom stereocenters. The normalized spacial score (nSPS) is 10.6. The zero-order chi connectivity index (χ0) is 88.1. The largest absolute Gasteiger partial charge is 0.493 e. The van der Waals surface area contributed by atoms with Crippen molar-refractivity contribution in [2.75, 3.05) is 51.0 Å². The second-order valence-electron chi connectivity index (χ2n) is 24.0. The number of furan rings is 6. The van der Waals surface area contributed by atoms with E-state index in [-0.39, 0.29) is 97.2 Å². The minimum atomic E-state index is -0.546. The van der Waals surface area contributed by atoms with Gasteiger partial charge in [-0.1, -0.05) is 48.7 Å². The third-order valence-corrected chi connectivity index (χ3v) is 16.5. The van der Waals surface area contributed by atoms with Crippen LogP contribution in [0, 0.1) is 0 Å². The number of aromatic hydroxyl groups is 1. The van der Waals surface area contributed by atoms with Crippen molar-refractivity contribution in [1.82, 2.24) is 145 Å². The number of fused-ring (bicyclic) bond motifs is 8.